The maximum absolute atomic E-state index is 15.3. The van der Waals surface area contributed by atoms with Crippen molar-refractivity contribution in [1.82, 2.24) is 25.2 Å². The van der Waals surface area contributed by atoms with Crippen LogP contribution in [-0.2, 0) is 6.54 Å². The Hall–Kier alpha value is -3.40. The van der Waals surface area contributed by atoms with Crippen LogP contribution in [0.25, 0.3) is 11.0 Å². The number of rotatable bonds is 4. The molecule has 2 aliphatic rings. The van der Waals surface area contributed by atoms with E-state index in [4.69, 9.17) is 0 Å². The fraction of sp³-hybridized carbons (Fsp3) is 0.417. The lowest BCUT2D eigenvalue weighted by atomic mass is 9.73. The van der Waals surface area contributed by atoms with E-state index in [1.807, 2.05) is 4.90 Å². The molecule has 1 aromatic carbocycles. The molecule has 1 saturated carbocycles. The van der Waals surface area contributed by atoms with Crippen molar-refractivity contribution >= 4 is 22.6 Å². The molecule has 178 valence electrons. The van der Waals surface area contributed by atoms with Gasteiger partial charge in [0.05, 0.1) is 11.2 Å². The Morgan fingerprint density at radius 1 is 1.18 bits per heavy atom. The van der Waals surface area contributed by atoms with E-state index in [1.54, 1.807) is 25.1 Å². The topological polar surface area (TPSA) is 94.2 Å². The van der Waals surface area contributed by atoms with Gasteiger partial charge in [-0.05, 0) is 44.4 Å². The van der Waals surface area contributed by atoms with Gasteiger partial charge < -0.3 is 15.2 Å². The van der Waals surface area contributed by atoms with Crippen LogP contribution in [0.15, 0.2) is 29.1 Å². The van der Waals surface area contributed by atoms with Gasteiger partial charge in [0.1, 0.15) is 16.9 Å². The first kappa shape index (κ1) is 22.4. The highest BCUT2D eigenvalue weighted by atomic mass is 19.1. The molecule has 1 amide bonds. The second-order valence-electron chi connectivity index (χ2n) is 9.09. The maximum Gasteiger partial charge on any atom is 0.269 e. The molecule has 10 heteroatoms. The number of hydrogen-bond donors (Lipinski definition) is 2. The summed E-state index contributed by atoms with van der Waals surface area (Å²) in [6.45, 7) is 3.75. The van der Waals surface area contributed by atoms with Crippen molar-refractivity contribution in [3.05, 3.63) is 63.3 Å². The van der Waals surface area contributed by atoms with E-state index in [0.717, 1.165) is 19.3 Å². The lowest BCUT2D eigenvalue weighted by Crippen LogP contribution is -2.65. The molecule has 0 atom stereocenters. The molecule has 1 aliphatic heterocycles. The molecule has 1 aliphatic carbocycles. The van der Waals surface area contributed by atoms with E-state index in [2.05, 4.69) is 25.2 Å². The molecular formula is C24H26F2N6O2. The first-order chi connectivity index (χ1) is 16.3. The van der Waals surface area contributed by atoms with Crippen LogP contribution in [0.3, 0.4) is 0 Å². The van der Waals surface area contributed by atoms with E-state index in [9.17, 15) is 14.0 Å². The second kappa shape index (κ2) is 8.43. The largest absolute Gasteiger partial charge is 0.365 e. The van der Waals surface area contributed by atoms with Crippen molar-refractivity contribution in [3.63, 3.8) is 0 Å². The fourth-order valence-electron chi connectivity index (χ4n) is 5.03. The molecule has 0 unspecified atom stereocenters. The summed E-state index contributed by atoms with van der Waals surface area (Å²) in [6, 6.07) is 6.58. The summed E-state index contributed by atoms with van der Waals surface area (Å²) in [4.78, 5) is 38.6. The summed E-state index contributed by atoms with van der Waals surface area (Å²) >= 11 is 0. The number of hydrogen-bond acceptors (Lipinski definition) is 6. The van der Waals surface area contributed by atoms with Crippen molar-refractivity contribution in [3.8, 4) is 0 Å². The maximum atomic E-state index is 15.3. The van der Waals surface area contributed by atoms with Crippen LogP contribution < -0.4 is 15.8 Å². The molecule has 8 nitrogen and oxygen atoms in total. The normalized spacial score (nSPS) is 17.7. The number of halogens is 2. The molecule has 34 heavy (non-hydrogen) atoms. The third-order valence-corrected chi connectivity index (χ3v) is 7.13. The molecular weight excluding hydrogens is 442 g/mol. The molecule has 1 saturated heterocycles. The van der Waals surface area contributed by atoms with Gasteiger partial charge in [0.2, 0.25) is 5.95 Å². The van der Waals surface area contributed by atoms with Gasteiger partial charge in [-0.3, -0.25) is 14.5 Å². The van der Waals surface area contributed by atoms with Gasteiger partial charge in [-0.1, -0.05) is 6.07 Å². The number of H-pyrrole nitrogens is 1. The number of amides is 1. The Kier molecular flexibility index (Phi) is 5.55. The van der Waals surface area contributed by atoms with E-state index in [0.29, 0.717) is 48.6 Å². The lowest BCUT2D eigenvalue weighted by molar-refractivity contribution is -0.000880. The van der Waals surface area contributed by atoms with E-state index >= 15 is 4.39 Å². The van der Waals surface area contributed by atoms with Crippen LogP contribution in [0, 0.1) is 18.7 Å². The number of fused-ring (bicyclic) bond motifs is 1. The summed E-state index contributed by atoms with van der Waals surface area (Å²) in [5, 5.41) is 2.45. The zero-order valence-corrected chi connectivity index (χ0v) is 19.1. The van der Waals surface area contributed by atoms with Gasteiger partial charge >= 0.3 is 0 Å². The van der Waals surface area contributed by atoms with Crippen LogP contribution in [0.4, 0.5) is 14.5 Å². The quantitative estimate of drug-likeness (QED) is 0.572. The Morgan fingerprint density at radius 3 is 2.65 bits per heavy atom. The van der Waals surface area contributed by atoms with Gasteiger partial charge in [0, 0.05) is 44.3 Å². The van der Waals surface area contributed by atoms with E-state index < -0.39 is 23.2 Å². The molecule has 5 rings (SSSR count). The fourth-order valence-corrected chi connectivity index (χ4v) is 5.03. The summed E-state index contributed by atoms with van der Waals surface area (Å²) < 4.78 is 30.1. The van der Waals surface area contributed by atoms with Crippen LogP contribution in [0.1, 0.15) is 41.0 Å². The zero-order chi connectivity index (χ0) is 24.0. The lowest BCUT2D eigenvalue weighted by Gasteiger charge is -2.56. The summed E-state index contributed by atoms with van der Waals surface area (Å²) in [7, 11) is 1.48. The van der Waals surface area contributed by atoms with Gasteiger partial charge in [0.25, 0.3) is 11.5 Å². The number of benzene rings is 1. The van der Waals surface area contributed by atoms with E-state index in [-0.39, 0.29) is 16.7 Å². The highest BCUT2D eigenvalue weighted by Crippen LogP contribution is 2.42. The molecule has 3 aromatic rings. The predicted molar refractivity (Wildman–Crippen MR) is 124 cm³/mol. The van der Waals surface area contributed by atoms with Crippen LogP contribution in [0.5, 0.6) is 0 Å². The van der Waals surface area contributed by atoms with Gasteiger partial charge in [0.15, 0.2) is 5.82 Å². The smallest absolute Gasteiger partial charge is 0.269 e. The monoisotopic (exact) mass is 468 g/mol. The van der Waals surface area contributed by atoms with Crippen LogP contribution in [-0.4, -0.2) is 58.0 Å². The number of carbonyl (C=O) groups excluding carboxylic acids is 1. The number of pyridine rings is 1. The first-order valence-electron chi connectivity index (χ1n) is 11.4. The summed E-state index contributed by atoms with van der Waals surface area (Å²) in [5.41, 5.74) is 1.16. The first-order valence-corrected chi connectivity index (χ1v) is 11.4. The minimum absolute atomic E-state index is 0.0373. The van der Waals surface area contributed by atoms with Crippen LogP contribution in [0.2, 0.25) is 0 Å². The SMILES string of the molecule is CNC(=O)c1ccc(N2CCN(Cc3ccc4nc(C)c(=O)[nH]c4c3F)C3(CCC3)C2)c(F)n1. The van der Waals surface area contributed by atoms with Crippen molar-refractivity contribution in [2.75, 3.05) is 31.6 Å². The molecule has 2 N–H and O–H groups in total. The number of anilines is 1. The molecule has 1 spiro atoms. The number of nitrogens with zero attached hydrogens (tertiary/aromatic N) is 4. The molecule has 2 aromatic heterocycles. The molecule has 0 bridgehead atoms. The van der Waals surface area contributed by atoms with Crippen molar-refractivity contribution in [2.24, 2.45) is 0 Å². The predicted octanol–water partition coefficient (Wildman–Crippen LogP) is 2.51. The average molecular weight is 469 g/mol. The molecule has 3 heterocycles. The number of aromatic nitrogens is 3. The average Bonchev–Trinajstić information content (AvgIpc) is 2.81. The third-order valence-electron chi connectivity index (χ3n) is 7.13. The van der Waals surface area contributed by atoms with Gasteiger partial charge in [-0.2, -0.15) is 4.39 Å². The summed E-state index contributed by atoms with van der Waals surface area (Å²) in [5.74, 6) is -1.56. The Morgan fingerprint density at radius 2 is 1.97 bits per heavy atom. The van der Waals surface area contributed by atoms with Gasteiger partial charge in [-0.25, -0.2) is 14.4 Å². The van der Waals surface area contributed by atoms with E-state index in [1.165, 1.54) is 13.1 Å². The standard InChI is InChI=1S/C24H26F2N6O2/c1-14-22(33)30-20-16(28-14)5-4-15(19(20)25)12-32-11-10-31(13-24(32)8-3-9-24)18-7-6-17(23(34)27-2)29-21(18)26/h4-7H,3,8-13H2,1-2H3,(H,27,34)(H,30,33). The number of aromatic amines is 1. The highest BCUT2D eigenvalue weighted by molar-refractivity contribution is 5.92. The summed E-state index contributed by atoms with van der Waals surface area (Å²) in [6.07, 6.45) is 2.92. The second-order valence-corrected chi connectivity index (χ2v) is 9.09. The highest BCUT2D eigenvalue weighted by Gasteiger charge is 2.46. The number of nitrogens with one attached hydrogen (secondary N) is 2. The Labute approximate surface area is 195 Å². The minimum atomic E-state index is -0.670. The Bertz CT molecular complexity index is 1340. The number of piperazine rings is 1. The molecule has 0 radical (unpaired) electrons. The van der Waals surface area contributed by atoms with Crippen molar-refractivity contribution < 1.29 is 13.6 Å². The zero-order valence-electron chi connectivity index (χ0n) is 19.1. The van der Waals surface area contributed by atoms with Crippen molar-refractivity contribution in [1.29, 1.82) is 0 Å². The number of aryl methyl sites for hydroxylation is 1. The van der Waals surface area contributed by atoms with Crippen molar-refractivity contribution in [2.45, 2.75) is 38.3 Å². The van der Waals surface area contributed by atoms with Crippen LogP contribution >= 0.6 is 0 Å². The number of carbonyl (C=O) groups is 1. The molecule has 2 fully saturated rings. The Balaban J connectivity index is 1.39. The third kappa shape index (κ3) is 3.71. The van der Waals surface area contributed by atoms with Gasteiger partial charge in [-0.15, -0.1) is 0 Å². The minimum Gasteiger partial charge on any atom is -0.365 e.